The molecule has 18 heavy (non-hydrogen) atoms. The van der Waals surface area contributed by atoms with Crippen LogP contribution in [0, 0.1) is 0 Å². The third kappa shape index (κ3) is 5.19. The lowest BCUT2D eigenvalue weighted by molar-refractivity contribution is 0.0757. The lowest BCUT2D eigenvalue weighted by Gasteiger charge is -2.08. The van der Waals surface area contributed by atoms with Gasteiger partial charge < -0.3 is 14.8 Å². The van der Waals surface area contributed by atoms with Gasteiger partial charge in [-0.3, -0.25) is 4.79 Å². The molecule has 0 aromatic heterocycles. The average Bonchev–Trinajstić information content (AvgIpc) is 2.38. The summed E-state index contributed by atoms with van der Waals surface area (Å²) in [5.74, 6) is 0.680. The van der Waals surface area contributed by atoms with Gasteiger partial charge in [-0.1, -0.05) is 0 Å². The molecule has 0 radical (unpaired) electrons. The average molecular weight is 251 g/mol. The van der Waals surface area contributed by atoms with Gasteiger partial charge in [0.25, 0.3) is 5.91 Å². The maximum absolute atomic E-state index is 11.7. The molecule has 0 fully saturated rings. The Morgan fingerprint density at radius 1 is 1.28 bits per heavy atom. The van der Waals surface area contributed by atoms with Crippen molar-refractivity contribution in [3.63, 3.8) is 0 Å². The highest BCUT2D eigenvalue weighted by Crippen LogP contribution is 2.10. The van der Waals surface area contributed by atoms with Gasteiger partial charge in [0, 0.05) is 18.7 Å². The lowest BCUT2D eigenvalue weighted by Crippen LogP contribution is -2.25. The van der Waals surface area contributed by atoms with Gasteiger partial charge in [0.15, 0.2) is 0 Å². The molecule has 0 unspecified atom stereocenters. The highest BCUT2D eigenvalue weighted by molar-refractivity contribution is 5.94. The predicted octanol–water partition coefficient (Wildman–Crippen LogP) is 2.24. The largest absolute Gasteiger partial charge is 0.497 e. The van der Waals surface area contributed by atoms with E-state index < -0.39 is 0 Å². The van der Waals surface area contributed by atoms with Gasteiger partial charge in [-0.2, -0.15) is 0 Å². The molecule has 1 aromatic rings. The van der Waals surface area contributed by atoms with Crippen LogP contribution in [0.3, 0.4) is 0 Å². The Morgan fingerprint density at radius 3 is 2.50 bits per heavy atom. The molecule has 1 N–H and O–H groups in total. The van der Waals surface area contributed by atoms with E-state index in [9.17, 15) is 4.79 Å². The third-order valence-electron chi connectivity index (χ3n) is 2.41. The number of carbonyl (C=O) groups is 1. The Hall–Kier alpha value is -1.55. The van der Waals surface area contributed by atoms with Crippen molar-refractivity contribution in [2.75, 3.05) is 20.3 Å². The Balaban J connectivity index is 2.27. The molecule has 4 heteroatoms. The molecule has 1 rings (SSSR count). The van der Waals surface area contributed by atoms with Crippen molar-refractivity contribution in [1.29, 1.82) is 0 Å². The Kier molecular flexibility index (Phi) is 6.22. The summed E-state index contributed by atoms with van der Waals surface area (Å²) in [5.41, 5.74) is 0.639. The number of nitrogens with one attached hydrogen (secondary N) is 1. The van der Waals surface area contributed by atoms with Gasteiger partial charge in [0.2, 0.25) is 0 Å². The van der Waals surface area contributed by atoms with E-state index in [-0.39, 0.29) is 12.0 Å². The van der Waals surface area contributed by atoms with Crippen LogP contribution in [0.4, 0.5) is 0 Å². The zero-order chi connectivity index (χ0) is 13.4. The molecule has 0 bridgehead atoms. The summed E-state index contributed by atoms with van der Waals surface area (Å²) in [6, 6.07) is 7.05. The summed E-state index contributed by atoms with van der Waals surface area (Å²) in [7, 11) is 1.60. The van der Waals surface area contributed by atoms with E-state index in [1.165, 1.54) is 0 Å². The fourth-order valence-electron chi connectivity index (χ4n) is 1.44. The number of hydrogen-bond acceptors (Lipinski definition) is 3. The van der Waals surface area contributed by atoms with Crippen LogP contribution in [-0.4, -0.2) is 32.3 Å². The number of methoxy groups -OCH3 is 1. The summed E-state index contributed by atoms with van der Waals surface area (Å²) >= 11 is 0. The molecule has 1 amide bonds. The van der Waals surface area contributed by atoms with E-state index in [4.69, 9.17) is 9.47 Å². The fraction of sp³-hybridized carbons (Fsp3) is 0.500. The Labute approximate surface area is 108 Å². The van der Waals surface area contributed by atoms with Crippen molar-refractivity contribution in [2.45, 2.75) is 26.4 Å². The monoisotopic (exact) mass is 251 g/mol. The zero-order valence-electron chi connectivity index (χ0n) is 11.2. The molecule has 0 spiro atoms. The molecular formula is C14H21NO3. The normalized spacial score (nSPS) is 10.4. The van der Waals surface area contributed by atoms with Crippen LogP contribution in [-0.2, 0) is 4.74 Å². The Bertz CT molecular complexity index is 360. The van der Waals surface area contributed by atoms with Crippen LogP contribution < -0.4 is 10.1 Å². The highest BCUT2D eigenvalue weighted by atomic mass is 16.5. The molecule has 0 saturated carbocycles. The summed E-state index contributed by atoms with van der Waals surface area (Å²) < 4.78 is 10.4. The van der Waals surface area contributed by atoms with E-state index >= 15 is 0 Å². The van der Waals surface area contributed by atoms with Crippen LogP contribution in [0.2, 0.25) is 0 Å². The van der Waals surface area contributed by atoms with Crippen LogP contribution in [0.15, 0.2) is 24.3 Å². The van der Waals surface area contributed by atoms with Gasteiger partial charge in [-0.05, 0) is 44.5 Å². The second kappa shape index (κ2) is 7.71. The summed E-state index contributed by atoms with van der Waals surface area (Å²) in [6.07, 6.45) is 1.06. The van der Waals surface area contributed by atoms with Crippen molar-refractivity contribution < 1.29 is 14.3 Å². The van der Waals surface area contributed by atoms with Crippen molar-refractivity contribution in [3.8, 4) is 5.75 Å². The van der Waals surface area contributed by atoms with Crippen LogP contribution >= 0.6 is 0 Å². The minimum Gasteiger partial charge on any atom is -0.497 e. The first-order chi connectivity index (χ1) is 8.63. The van der Waals surface area contributed by atoms with Crippen LogP contribution in [0.25, 0.3) is 0 Å². The van der Waals surface area contributed by atoms with E-state index in [1.807, 2.05) is 13.8 Å². The first-order valence-electron chi connectivity index (χ1n) is 6.17. The predicted molar refractivity (Wildman–Crippen MR) is 71.0 cm³/mol. The minimum absolute atomic E-state index is 0.0674. The van der Waals surface area contributed by atoms with E-state index in [0.717, 1.165) is 12.2 Å². The van der Waals surface area contributed by atoms with E-state index in [0.29, 0.717) is 18.7 Å². The number of hydrogen-bond donors (Lipinski definition) is 1. The molecule has 4 nitrogen and oxygen atoms in total. The van der Waals surface area contributed by atoms with Crippen LogP contribution in [0.1, 0.15) is 30.6 Å². The number of rotatable bonds is 7. The highest BCUT2D eigenvalue weighted by Gasteiger charge is 2.04. The maximum Gasteiger partial charge on any atom is 0.251 e. The first-order valence-corrected chi connectivity index (χ1v) is 6.17. The molecule has 0 aliphatic heterocycles. The number of amides is 1. The second-order valence-electron chi connectivity index (χ2n) is 4.26. The third-order valence-corrected chi connectivity index (χ3v) is 2.41. The van der Waals surface area contributed by atoms with E-state index in [2.05, 4.69) is 5.32 Å². The van der Waals surface area contributed by atoms with Crippen molar-refractivity contribution >= 4 is 5.91 Å². The molecule has 0 aliphatic carbocycles. The molecule has 0 heterocycles. The summed E-state index contributed by atoms with van der Waals surface area (Å²) in [6.45, 7) is 5.28. The van der Waals surface area contributed by atoms with Crippen LogP contribution in [0.5, 0.6) is 5.75 Å². The summed E-state index contributed by atoms with van der Waals surface area (Å²) in [5, 5.41) is 2.85. The zero-order valence-corrected chi connectivity index (χ0v) is 11.2. The first kappa shape index (κ1) is 14.5. The summed E-state index contributed by atoms with van der Waals surface area (Å²) in [4.78, 5) is 11.7. The second-order valence-corrected chi connectivity index (χ2v) is 4.26. The van der Waals surface area contributed by atoms with Gasteiger partial charge in [-0.25, -0.2) is 0 Å². The molecule has 0 saturated heterocycles. The standard InChI is InChI=1S/C14H21NO3/c1-11(2)18-10-4-9-15-14(16)12-5-7-13(17-3)8-6-12/h5-8,11H,4,9-10H2,1-3H3,(H,15,16). The number of benzene rings is 1. The van der Waals surface area contributed by atoms with Crippen molar-refractivity contribution in [1.82, 2.24) is 5.32 Å². The van der Waals surface area contributed by atoms with Gasteiger partial charge in [-0.15, -0.1) is 0 Å². The smallest absolute Gasteiger partial charge is 0.251 e. The molecule has 0 atom stereocenters. The molecule has 100 valence electrons. The SMILES string of the molecule is COc1ccc(C(=O)NCCCOC(C)C)cc1. The topological polar surface area (TPSA) is 47.6 Å². The van der Waals surface area contributed by atoms with Crippen molar-refractivity contribution in [3.05, 3.63) is 29.8 Å². The molecular weight excluding hydrogens is 230 g/mol. The van der Waals surface area contributed by atoms with E-state index in [1.54, 1.807) is 31.4 Å². The number of ether oxygens (including phenoxy) is 2. The quantitative estimate of drug-likeness (QED) is 0.756. The van der Waals surface area contributed by atoms with Gasteiger partial charge in [0.1, 0.15) is 5.75 Å². The number of carbonyl (C=O) groups excluding carboxylic acids is 1. The van der Waals surface area contributed by atoms with Gasteiger partial charge >= 0.3 is 0 Å². The molecule has 1 aromatic carbocycles. The maximum atomic E-state index is 11.7. The Morgan fingerprint density at radius 2 is 1.94 bits per heavy atom. The van der Waals surface area contributed by atoms with Gasteiger partial charge in [0.05, 0.1) is 13.2 Å². The lowest BCUT2D eigenvalue weighted by atomic mass is 10.2. The molecule has 0 aliphatic rings. The minimum atomic E-state index is -0.0674. The fourth-order valence-corrected chi connectivity index (χ4v) is 1.44. The van der Waals surface area contributed by atoms with Crippen molar-refractivity contribution in [2.24, 2.45) is 0 Å².